The standard InChI is InChI=1S/C13H27N3O/c1-6-12(2,3)15-11(17)13(4,5)16-9-7-14-8-10-16/h14H,6-10H2,1-5H3,(H,15,17). The minimum atomic E-state index is -0.422. The van der Waals surface area contributed by atoms with Crippen molar-refractivity contribution in [2.24, 2.45) is 0 Å². The number of hydrogen-bond donors (Lipinski definition) is 2. The molecule has 1 amide bonds. The summed E-state index contributed by atoms with van der Waals surface area (Å²) in [5.41, 5.74) is -0.545. The van der Waals surface area contributed by atoms with E-state index >= 15 is 0 Å². The first kappa shape index (κ1) is 14.5. The van der Waals surface area contributed by atoms with Crippen molar-refractivity contribution >= 4 is 5.91 Å². The predicted octanol–water partition coefficient (Wildman–Crippen LogP) is 0.975. The molecule has 0 aromatic carbocycles. The van der Waals surface area contributed by atoms with Crippen LogP contribution >= 0.6 is 0 Å². The SMILES string of the molecule is CCC(C)(C)NC(=O)C(C)(C)N1CCNCC1. The molecule has 4 nitrogen and oxygen atoms in total. The predicted molar refractivity (Wildman–Crippen MR) is 71.0 cm³/mol. The summed E-state index contributed by atoms with van der Waals surface area (Å²) in [4.78, 5) is 14.6. The highest BCUT2D eigenvalue weighted by Crippen LogP contribution is 2.18. The van der Waals surface area contributed by atoms with Gasteiger partial charge in [0.25, 0.3) is 0 Å². The molecule has 0 unspecified atom stereocenters. The van der Waals surface area contributed by atoms with Crippen molar-refractivity contribution in [3.8, 4) is 0 Å². The Morgan fingerprint density at radius 2 is 1.76 bits per heavy atom. The molecule has 1 aliphatic rings. The van der Waals surface area contributed by atoms with E-state index in [0.29, 0.717) is 0 Å². The molecule has 0 aromatic rings. The zero-order valence-electron chi connectivity index (χ0n) is 11.9. The van der Waals surface area contributed by atoms with E-state index in [0.717, 1.165) is 32.6 Å². The van der Waals surface area contributed by atoms with E-state index in [9.17, 15) is 4.79 Å². The average molecular weight is 241 g/mol. The number of rotatable bonds is 4. The molecule has 1 saturated heterocycles. The van der Waals surface area contributed by atoms with E-state index < -0.39 is 5.54 Å². The van der Waals surface area contributed by atoms with Gasteiger partial charge in [-0.05, 0) is 34.1 Å². The van der Waals surface area contributed by atoms with Gasteiger partial charge in [0.05, 0.1) is 5.54 Å². The normalized spacial score (nSPS) is 19.1. The molecule has 100 valence electrons. The van der Waals surface area contributed by atoms with Crippen LogP contribution in [0.4, 0.5) is 0 Å². The Kier molecular flexibility index (Phi) is 4.55. The van der Waals surface area contributed by atoms with Crippen LogP contribution < -0.4 is 10.6 Å². The van der Waals surface area contributed by atoms with Crippen LogP contribution in [0.3, 0.4) is 0 Å². The van der Waals surface area contributed by atoms with Gasteiger partial charge in [-0.1, -0.05) is 6.92 Å². The summed E-state index contributed by atoms with van der Waals surface area (Å²) in [5.74, 6) is 0.131. The second kappa shape index (κ2) is 5.36. The third-order valence-corrected chi connectivity index (χ3v) is 3.80. The summed E-state index contributed by atoms with van der Waals surface area (Å²) in [5, 5.41) is 6.45. The third-order valence-electron chi connectivity index (χ3n) is 3.80. The van der Waals surface area contributed by atoms with E-state index in [1.165, 1.54) is 0 Å². The Balaban J connectivity index is 2.65. The topological polar surface area (TPSA) is 44.4 Å². The molecule has 0 aromatic heterocycles. The molecule has 0 bridgehead atoms. The number of piperazine rings is 1. The van der Waals surface area contributed by atoms with E-state index in [2.05, 4.69) is 36.3 Å². The summed E-state index contributed by atoms with van der Waals surface area (Å²) in [6, 6.07) is 0. The van der Waals surface area contributed by atoms with Crippen molar-refractivity contribution in [3.05, 3.63) is 0 Å². The highest BCUT2D eigenvalue weighted by molar-refractivity contribution is 5.86. The molecule has 0 saturated carbocycles. The Morgan fingerprint density at radius 3 is 2.24 bits per heavy atom. The number of nitrogens with one attached hydrogen (secondary N) is 2. The van der Waals surface area contributed by atoms with Crippen molar-refractivity contribution < 1.29 is 4.79 Å². The molecule has 1 rings (SSSR count). The first-order valence-electron chi connectivity index (χ1n) is 6.58. The fourth-order valence-electron chi connectivity index (χ4n) is 1.92. The summed E-state index contributed by atoms with van der Waals surface area (Å²) < 4.78 is 0. The molecular weight excluding hydrogens is 214 g/mol. The minimum Gasteiger partial charge on any atom is -0.350 e. The van der Waals surface area contributed by atoms with Gasteiger partial charge in [0.2, 0.25) is 5.91 Å². The second-order valence-corrected chi connectivity index (χ2v) is 5.99. The Labute approximate surface area is 105 Å². The minimum absolute atomic E-state index is 0.123. The summed E-state index contributed by atoms with van der Waals surface area (Å²) in [7, 11) is 0. The zero-order valence-corrected chi connectivity index (χ0v) is 11.9. The zero-order chi connectivity index (χ0) is 13.1. The molecule has 1 heterocycles. The molecule has 1 fully saturated rings. The number of carbonyl (C=O) groups is 1. The number of amides is 1. The molecule has 4 heteroatoms. The molecule has 17 heavy (non-hydrogen) atoms. The molecule has 0 aliphatic carbocycles. The van der Waals surface area contributed by atoms with Crippen molar-refractivity contribution in [1.82, 2.24) is 15.5 Å². The first-order valence-corrected chi connectivity index (χ1v) is 6.58. The quantitative estimate of drug-likeness (QED) is 0.771. The smallest absolute Gasteiger partial charge is 0.240 e. The van der Waals surface area contributed by atoms with Gasteiger partial charge in [-0.25, -0.2) is 0 Å². The van der Waals surface area contributed by atoms with Gasteiger partial charge in [0, 0.05) is 31.7 Å². The highest BCUT2D eigenvalue weighted by atomic mass is 16.2. The Hall–Kier alpha value is -0.610. The number of carbonyl (C=O) groups excluding carboxylic acids is 1. The van der Waals surface area contributed by atoms with Crippen LogP contribution in [0.1, 0.15) is 41.0 Å². The number of nitrogens with zero attached hydrogens (tertiary/aromatic N) is 1. The Morgan fingerprint density at radius 1 is 1.24 bits per heavy atom. The van der Waals surface area contributed by atoms with Gasteiger partial charge >= 0.3 is 0 Å². The van der Waals surface area contributed by atoms with E-state index in [1.54, 1.807) is 0 Å². The average Bonchev–Trinajstić information content (AvgIpc) is 2.29. The van der Waals surface area contributed by atoms with Gasteiger partial charge in [-0.3, -0.25) is 9.69 Å². The monoisotopic (exact) mass is 241 g/mol. The lowest BCUT2D eigenvalue weighted by Gasteiger charge is -2.41. The van der Waals surface area contributed by atoms with Crippen LogP contribution in [0.5, 0.6) is 0 Å². The van der Waals surface area contributed by atoms with Crippen molar-refractivity contribution in [2.45, 2.75) is 52.1 Å². The van der Waals surface area contributed by atoms with Crippen molar-refractivity contribution in [3.63, 3.8) is 0 Å². The second-order valence-electron chi connectivity index (χ2n) is 5.99. The summed E-state index contributed by atoms with van der Waals surface area (Å²) in [6.45, 7) is 14.1. The molecule has 1 aliphatic heterocycles. The van der Waals surface area contributed by atoms with E-state index in [4.69, 9.17) is 0 Å². The maximum absolute atomic E-state index is 12.4. The van der Waals surface area contributed by atoms with Gasteiger partial charge in [-0.2, -0.15) is 0 Å². The maximum atomic E-state index is 12.4. The molecule has 0 spiro atoms. The lowest BCUT2D eigenvalue weighted by Crippen LogP contribution is -2.62. The largest absolute Gasteiger partial charge is 0.350 e. The van der Waals surface area contributed by atoms with Gasteiger partial charge in [-0.15, -0.1) is 0 Å². The van der Waals surface area contributed by atoms with Crippen LogP contribution in [0.25, 0.3) is 0 Å². The van der Waals surface area contributed by atoms with Gasteiger partial charge in [0.15, 0.2) is 0 Å². The summed E-state index contributed by atoms with van der Waals surface area (Å²) >= 11 is 0. The van der Waals surface area contributed by atoms with Crippen LogP contribution in [0.2, 0.25) is 0 Å². The molecule has 2 N–H and O–H groups in total. The van der Waals surface area contributed by atoms with Crippen LogP contribution in [0.15, 0.2) is 0 Å². The van der Waals surface area contributed by atoms with Gasteiger partial charge in [0.1, 0.15) is 0 Å². The van der Waals surface area contributed by atoms with Gasteiger partial charge < -0.3 is 10.6 Å². The third kappa shape index (κ3) is 3.68. The lowest BCUT2D eigenvalue weighted by atomic mass is 9.96. The van der Waals surface area contributed by atoms with Crippen molar-refractivity contribution in [1.29, 1.82) is 0 Å². The van der Waals surface area contributed by atoms with Crippen LogP contribution in [-0.4, -0.2) is 48.1 Å². The van der Waals surface area contributed by atoms with Crippen molar-refractivity contribution in [2.75, 3.05) is 26.2 Å². The first-order chi connectivity index (χ1) is 7.79. The fourth-order valence-corrected chi connectivity index (χ4v) is 1.92. The van der Waals surface area contributed by atoms with Crippen LogP contribution in [0, 0.1) is 0 Å². The Bertz CT molecular complexity index is 268. The van der Waals surface area contributed by atoms with Crippen LogP contribution in [-0.2, 0) is 4.79 Å². The van der Waals surface area contributed by atoms with E-state index in [-0.39, 0.29) is 11.4 Å². The fraction of sp³-hybridized carbons (Fsp3) is 0.923. The molecule has 0 atom stereocenters. The molecular formula is C13H27N3O. The number of hydrogen-bond acceptors (Lipinski definition) is 3. The summed E-state index contributed by atoms with van der Waals surface area (Å²) in [6.07, 6.45) is 0.941. The molecule has 0 radical (unpaired) electrons. The highest BCUT2D eigenvalue weighted by Gasteiger charge is 2.37. The van der Waals surface area contributed by atoms with E-state index in [1.807, 2.05) is 13.8 Å². The lowest BCUT2D eigenvalue weighted by molar-refractivity contribution is -0.133. The maximum Gasteiger partial charge on any atom is 0.240 e.